The van der Waals surface area contributed by atoms with Crippen molar-refractivity contribution < 1.29 is 4.74 Å². The Bertz CT molecular complexity index is 1710. The highest BCUT2D eigenvalue weighted by Gasteiger charge is 2.14. The summed E-state index contributed by atoms with van der Waals surface area (Å²) in [5.41, 5.74) is 10.4. The molecule has 0 fully saturated rings. The number of hydrogen-bond donors (Lipinski definition) is 0. The van der Waals surface area contributed by atoms with Crippen molar-refractivity contribution in [3.8, 4) is 16.9 Å². The van der Waals surface area contributed by atoms with E-state index in [0.29, 0.717) is 6.61 Å². The van der Waals surface area contributed by atoms with Crippen LogP contribution in [0, 0.1) is 0 Å². The number of nitrogens with zero attached hydrogens (tertiary/aromatic N) is 2. The van der Waals surface area contributed by atoms with Gasteiger partial charge < -0.3 is 14.5 Å². The first-order valence-corrected chi connectivity index (χ1v) is 15.0. The molecule has 0 N–H and O–H groups in total. The van der Waals surface area contributed by atoms with Gasteiger partial charge in [-0.25, -0.2) is 0 Å². The molecule has 212 valence electrons. The molecule has 0 amide bonds. The number of benzene rings is 6. The van der Waals surface area contributed by atoms with Gasteiger partial charge in [-0.1, -0.05) is 79.7 Å². The number of anilines is 6. The van der Waals surface area contributed by atoms with Gasteiger partial charge in [-0.2, -0.15) is 0 Å². The van der Waals surface area contributed by atoms with Gasteiger partial charge in [0, 0.05) is 34.1 Å². The van der Waals surface area contributed by atoms with Crippen LogP contribution >= 0.6 is 0 Å². The van der Waals surface area contributed by atoms with Crippen LogP contribution in [-0.2, 0) is 6.42 Å². The molecule has 0 unspecified atom stereocenters. The Kier molecular flexibility index (Phi) is 8.51. The fourth-order valence-electron chi connectivity index (χ4n) is 5.39. The highest BCUT2D eigenvalue weighted by atomic mass is 16.5. The van der Waals surface area contributed by atoms with Crippen LogP contribution in [-0.4, -0.2) is 6.61 Å². The number of rotatable bonds is 10. The third-order valence-electron chi connectivity index (χ3n) is 7.62. The van der Waals surface area contributed by atoms with Gasteiger partial charge in [-0.15, -0.1) is 0 Å². The lowest BCUT2D eigenvalue weighted by atomic mass is 10.0. The zero-order valence-corrected chi connectivity index (χ0v) is 24.7. The molecule has 0 spiro atoms. The highest BCUT2D eigenvalue weighted by Crippen LogP contribution is 2.38. The van der Waals surface area contributed by atoms with Gasteiger partial charge in [0.1, 0.15) is 5.75 Å². The minimum atomic E-state index is 0.653. The molecule has 0 aliphatic carbocycles. The Morgan fingerprint density at radius 3 is 1.12 bits per heavy atom. The average Bonchev–Trinajstić information content (AvgIpc) is 3.08. The maximum Gasteiger partial charge on any atom is 0.119 e. The third kappa shape index (κ3) is 6.32. The normalized spacial score (nSPS) is 10.7. The van der Waals surface area contributed by atoms with E-state index in [1.165, 1.54) is 16.7 Å². The lowest BCUT2D eigenvalue weighted by Gasteiger charge is -2.26. The standard InChI is InChI=1S/C40H36N2O/c1-3-31-15-21-36(22-16-31)41(34-11-7-5-8-12-34)37-23-17-32(18-24-37)33-19-25-38(26-20-33)42(35-13-9-6-10-14-35)39-27-29-40(30-28-39)43-4-2/h5-30H,3-4H2,1-2H3. The minimum Gasteiger partial charge on any atom is -0.494 e. The van der Waals surface area contributed by atoms with E-state index in [0.717, 1.165) is 46.3 Å². The van der Waals surface area contributed by atoms with Crippen LogP contribution in [0.5, 0.6) is 5.75 Å². The molecule has 0 bridgehead atoms. The van der Waals surface area contributed by atoms with Crippen molar-refractivity contribution in [3.05, 3.63) is 163 Å². The third-order valence-corrected chi connectivity index (χ3v) is 7.62. The van der Waals surface area contributed by atoms with E-state index >= 15 is 0 Å². The first-order valence-electron chi connectivity index (χ1n) is 15.0. The average molecular weight is 561 g/mol. The molecule has 0 aromatic heterocycles. The summed E-state index contributed by atoms with van der Waals surface area (Å²) in [6.07, 6.45) is 1.03. The Balaban J connectivity index is 1.29. The molecule has 3 heteroatoms. The molecule has 0 heterocycles. The Morgan fingerprint density at radius 2 is 0.744 bits per heavy atom. The summed E-state index contributed by atoms with van der Waals surface area (Å²) in [6, 6.07) is 55.8. The molecule has 0 atom stereocenters. The molecular formula is C40H36N2O. The van der Waals surface area contributed by atoms with Crippen molar-refractivity contribution >= 4 is 34.1 Å². The molecule has 6 aromatic carbocycles. The van der Waals surface area contributed by atoms with Crippen molar-refractivity contribution in [1.82, 2.24) is 0 Å². The Labute approximate surface area is 255 Å². The molecule has 0 saturated heterocycles. The van der Waals surface area contributed by atoms with Crippen LogP contribution < -0.4 is 14.5 Å². The van der Waals surface area contributed by atoms with Gasteiger partial charge >= 0.3 is 0 Å². The SMILES string of the molecule is CCOc1ccc(N(c2ccccc2)c2ccc(-c3ccc(N(c4ccccc4)c4ccc(CC)cc4)cc3)cc2)cc1. The van der Waals surface area contributed by atoms with Gasteiger partial charge in [-0.05, 0) is 115 Å². The summed E-state index contributed by atoms with van der Waals surface area (Å²) < 4.78 is 5.68. The number of para-hydroxylation sites is 2. The lowest BCUT2D eigenvalue weighted by Crippen LogP contribution is -2.10. The van der Waals surface area contributed by atoms with E-state index < -0.39 is 0 Å². The first kappa shape index (κ1) is 27.9. The van der Waals surface area contributed by atoms with E-state index in [-0.39, 0.29) is 0 Å². The molecule has 3 nitrogen and oxygen atoms in total. The maximum absolute atomic E-state index is 5.68. The summed E-state index contributed by atoms with van der Waals surface area (Å²) in [4.78, 5) is 4.57. The molecule has 6 aromatic rings. The zero-order valence-electron chi connectivity index (χ0n) is 24.7. The minimum absolute atomic E-state index is 0.653. The van der Waals surface area contributed by atoms with Crippen LogP contribution in [0.15, 0.2) is 158 Å². The van der Waals surface area contributed by atoms with Gasteiger partial charge in [-0.3, -0.25) is 0 Å². The van der Waals surface area contributed by atoms with Crippen molar-refractivity contribution in [2.24, 2.45) is 0 Å². The second-order valence-electron chi connectivity index (χ2n) is 10.4. The van der Waals surface area contributed by atoms with Gasteiger partial charge in [0.05, 0.1) is 6.61 Å². The summed E-state index contributed by atoms with van der Waals surface area (Å²) in [6.45, 7) is 4.85. The lowest BCUT2D eigenvalue weighted by molar-refractivity contribution is 0.340. The van der Waals surface area contributed by atoms with E-state index in [2.05, 4.69) is 156 Å². The van der Waals surface area contributed by atoms with Crippen LogP contribution in [0.4, 0.5) is 34.1 Å². The van der Waals surface area contributed by atoms with Gasteiger partial charge in [0.25, 0.3) is 0 Å². The largest absolute Gasteiger partial charge is 0.494 e. The van der Waals surface area contributed by atoms with Crippen molar-refractivity contribution in [2.45, 2.75) is 20.3 Å². The molecule has 0 radical (unpaired) electrons. The van der Waals surface area contributed by atoms with Gasteiger partial charge in [0.2, 0.25) is 0 Å². The highest BCUT2D eigenvalue weighted by molar-refractivity contribution is 5.80. The topological polar surface area (TPSA) is 15.7 Å². The fourth-order valence-corrected chi connectivity index (χ4v) is 5.39. The van der Waals surface area contributed by atoms with Gasteiger partial charge in [0.15, 0.2) is 0 Å². The summed E-state index contributed by atoms with van der Waals surface area (Å²) in [5, 5.41) is 0. The van der Waals surface area contributed by atoms with Crippen molar-refractivity contribution in [1.29, 1.82) is 0 Å². The fraction of sp³-hybridized carbons (Fsp3) is 0.100. The summed E-state index contributed by atoms with van der Waals surface area (Å²) in [5.74, 6) is 0.877. The summed E-state index contributed by atoms with van der Waals surface area (Å²) >= 11 is 0. The van der Waals surface area contributed by atoms with Crippen molar-refractivity contribution in [2.75, 3.05) is 16.4 Å². The second kappa shape index (κ2) is 13.1. The maximum atomic E-state index is 5.68. The smallest absolute Gasteiger partial charge is 0.119 e. The first-order chi connectivity index (χ1) is 21.2. The zero-order chi connectivity index (χ0) is 29.4. The van der Waals surface area contributed by atoms with E-state index in [1.807, 2.05) is 25.1 Å². The molecule has 0 aliphatic heterocycles. The van der Waals surface area contributed by atoms with Crippen LogP contribution in [0.3, 0.4) is 0 Å². The monoisotopic (exact) mass is 560 g/mol. The quantitative estimate of drug-likeness (QED) is 0.166. The van der Waals surface area contributed by atoms with Crippen LogP contribution in [0.2, 0.25) is 0 Å². The molecule has 43 heavy (non-hydrogen) atoms. The molecular weight excluding hydrogens is 524 g/mol. The van der Waals surface area contributed by atoms with Crippen LogP contribution in [0.1, 0.15) is 19.4 Å². The Morgan fingerprint density at radius 1 is 0.395 bits per heavy atom. The predicted molar refractivity (Wildman–Crippen MR) is 182 cm³/mol. The Hall–Kier alpha value is -5.28. The number of hydrogen-bond acceptors (Lipinski definition) is 3. The summed E-state index contributed by atoms with van der Waals surface area (Å²) in [7, 11) is 0. The van der Waals surface area contributed by atoms with E-state index in [4.69, 9.17) is 4.74 Å². The van der Waals surface area contributed by atoms with Crippen molar-refractivity contribution in [3.63, 3.8) is 0 Å². The predicted octanol–water partition coefficient (Wildman–Crippen LogP) is 11.3. The molecule has 6 rings (SSSR count). The second-order valence-corrected chi connectivity index (χ2v) is 10.4. The molecule has 0 saturated carbocycles. The number of aryl methyl sites for hydroxylation is 1. The van der Waals surface area contributed by atoms with E-state index in [1.54, 1.807) is 0 Å². The number of ether oxygens (including phenoxy) is 1. The molecule has 0 aliphatic rings. The van der Waals surface area contributed by atoms with E-state index in [9.17, 15) is 0 Å². The van der Waals surface area contributed by atoms with Crippen LogP contribution in [0.25, 0.3) is 11.1 Å².